The van der Waals surface area contributed by atoms with E-state index in [1.54, 1.807) is 4.90 Å². The van der Waals surface area contributed by atoms with E-state index in [9.17, 15) is 8.78 Å². The molecule has 2 fully saturated rings. The van der Waals surface area contributed by atoms with Gasteiger partial charge in [0.25, 0.3) is 5.92 Å². The quantitative estimate of drug-likeness (QED) is 0.704. The van der Waals surface area contributed by atoms with E-state index in [1.165, 1.54) is 0 Å². The molecule has 3 nitrogen and oxygen atoms in total. The van der Waals surface area contributed by atoms with Crippen LogP contribution in [0.2, 0.25) is 0 Å². The van der Waals surface area contributed by atoms with E-state index < -0.39 is 5.92 Å². The van der Waals surface area contributed by atoms with Crippen molar-refractivity contribution >= 4 is 0 Å². The number of hydrogen-bond donors (Lipinski definition) is 1. The first-order valence-electron chi connectivity index (χ1n) is 5.08. The second-order valence-electron chi connectivity index (χ2n) is 4.04. The summed E-state index contributed by atoms with van der Waals surface area (Å²) in [5, 5.41) is 3.19. The number of hydrogen-bond acceptors (Lipinski definition) is 3. The molecule has 2 rings (SSSR count). The van der Waals surface area contributed by atoms with Crippen LogP contribution >= 0.6 is 0 Å². The minimum absolute atomic E-state index is 0.00680. The Morgan fingerprint density at radius 2 is 2.36 bits per heavy atom. The first kappa shape index (κ1) is 10.3. The SMILES string of the molecule is FC1(F)CCN(CC2CNCCO2)C1. The van der Waals surface area contributed by atoms with Gasteiger partial charge in [0.05, 0.1) is 19.3 Å². The van der Waals surface area contributed by atoms with Crippen LogP contribution in [0.3, 0.4) is 0 Å². The summed E-state index contributed by atoms with van der Waals surface area (Å²) in [7, 11) is 0. The second-order valence-corrected chi connectivity index (χ2v) is 4.04. The molecule has 5 heteroatoms. The van der Waals surface area contributed by atoms with Crippen molar-refractivity contribution < 1.29 is 13.5 Å². The molecule has 2 saturated heterocycles. The zero-order valence-electron chi connectivity index (χ0n) is 8.14. The van der Waals surface area contributed by atoms with Crippen molar-refractivity contribution in [1.82, 2.24) is 10.2 Å². The molecule has 0 aromatic carbocycles. The number of halogens is 2. The van der Waals surface area contributed by atoms with E-state index in [-0.39, 0.29) is 19.1 Å². The highest BCUT2D eigenvalue weighted by Crippen LogP contribution is 2.26. The highest BCUT2D eigenvalue weighted by Gasteiger charge is 2.38. The summed E-state index contributed by atoms with van der Waals surface area (Å²) in [6.07, 6.45) is 0.0744. The van der Waals surface area contributed by atoms with Gasteiger partial charge in [0, 0.05) is 32.6 Å². The lowest BCUT2D eigenvalue weighted by Gasteiger charge is -2.27. The molecular formula is C9H16F2N2O. The van der Waals surface area contributed by atoms with Crippen LogP contribution in [-0.2, 0) is 4.74 Å². The van der Waals surface area contributed by atoms with Crippen LogP contribution in [0.5, 0.6) is 0 Å². The van der Waals surface area contributed by atoms with Crippen molar-refractivity contribution in [1.29, 1.82) is 0 Å². The molecule has 2 aliphatic rings. The average Bonchev–Trinajstić information content (AvgIpc) is 2.47. The van der Waals surface area contributed by atoms with E-state index in [1.807, 2.05) is 0 Å². The van der Waals surface area contributed by atoms with Gasteiger partial charge in [-0.05, 0) is 0 Å². The zero-order valence-corrected chi connectivity index (χ0v) is 8.14. The number of alkyl halides is 2. The van der Waals surface area contributed by atoms with Gasteiger partial charge in [0.1, 0.15) is 0 Å². The molecule has 0 radical (unpaired) electrons. The van der Waals surface area contributed by atoms with Gasteiger partial charge in [-0.3, -0.25) is 4.90 Å². The lowest BCUT2D eigenvalue weighted by molar-refractivity contribution is -0.0113. The zero-order chi connectivity index (χ0) is 10.0. The van der Waals surface area contributed by atoms with Crippen LogP contribution in [0.4, 0.5) is 8.78 Å². The summed E-state index contributed by atoms with van der Waals surface area (Å²) in [4.78, 5) is 1.79. The molecule has 0 aromatic heterocycles. The predicted molar refractivity (Wildman–Crippen MR) is 48.6 cm³/mol. The summed E-state index contributed by atoms with van der Waals surface area (Å²) >= 11 is 0. The summed E-state index contributed by atoms with van der Waals surface area (Å²) in [6, 6.07) is 0. The number of likely N-dealkylation sites (tertiary alicyclic amines) is 1. The van der Waals surface area contributed by atoms with E-state index in [0.717, 1.165) is 13.1 Å². The predicted octanol–water partition coefficient (Wildman–Crippen LogP) is 0.316. The summed E-state index contributed by atoms with van der Waals surface area (Å²) in [5.74, 6) is -2.48. The fourth-order valence-electron chi connectivity index (χ4n) is 1.99. The van der Waals surface area contributed by atoms with Crippen molar-refractivity contribution in [2.24, 2.45) is 0 Å². The fraction of sp³-hybridized carbons (Fsp3) is 1.00. The maximum Gasteiger partial charge on any atom is 0.261 e. The van der Waals surface area contributed by atoms with Crippen LogP contribution in [0.25, 0.3) is 0 Å². The smallest absolute Gasteiger partial charge is 0.261 e. The van der Waals surface area contributed by atoms with Gasteiger partial charge < -0.3 is 10.1 Å². The van der Waals surface area contributed by atoms with Gasteiger partial charge in [0.2, 0.25) is 0 Å². The lowest BCUT2D eigenvalue weighted by Crippen LogP contribution is -2.45. The van der Waals surface area contributed by atoms with Crippen LogP contribution in [-0.4, -0.2) is 56.3 Å². The highest BCUT2D eigenvalue weighted by molar-refractivity contribution is 4.84. The second kappa shape index (κ2) is 4.08. The third kappa shape index (κ3) is 2.62. The Hall–Kier alpha value is -0.260. The van der Waals surface area contributed by atoms with Gasteiger partial charge in [-0.25, -0.2) is 8.78 Å². The number of rotatable bonds is 2. The van der Waals surface area contributed by atoms with E-state index >= 15 is 0 Å². The largest absolute Gasteiger partial charge is 0.374 e. The molecule has 0 saturated carbocycles. The Labute approximate surface area is 82.4 Å². The number of nitrogens with zero attached hydrogens (tertiary/aromatic N) is 1. The van der Waals surface area contributed by atoms with E-state index in [2.05, 4.69) is 5.32 Å². The van der Waals surface area contributed by atoms with Crippen molar-refractivity contribution in [3.8, 4) is 0 Å². The average molecular weight is 206 g/mol. The minimum atomic E-state index is -2.48. The van der Waals surface area contributed by atoms with Gasteiger partial charge in [-0.15, -0.1) is 0 Å². The van der Waals surface area contributed by atoms with E-state index in [4.69, 9.17) is 4.74 Å². The molecule has 0 amide bonds. The minimum Gasteiger partial charge on any atom is -0.374 e. The monoisotopic (exact) mass is 206 g/mol. The number of morpholine rings is 1. The highest BCUT2D eigenvalue weighted by atomic mass is 19.3. The molecule has 1 atom stereocenters. The summed E-state index contributed by atoms with van der Waals surface area (Å²) < 4.78 is 31.2. The van der Waals surface area contributed by atoms with Gasteiger partial charge >= 0.3 is 0 Å². The third-order valence-electron chi connectivity index (χ3n) is 2.71. The Balaban J connectivity index is 1.75. The Morgan fingerprint density at radius 1 is 1.50 bits per heavy atom. The normalized spacial score (nSPS) is 33.4. The Kier molecular flexibility index (Phi) is 2.99. The van der Waals surface area contributed by atoms with Crippen LogP contribution in [0.1, 0.15) is 6.42 Å². The van der Waals surface area contributed by atoms with Crippen molar-refractivity contribution in [3.63, 3.8) is 0 Å². The first-order valence-corrected chi connectivity index (χ1v) is 5.08. The topological polar surface area (TPSA) is 24.5 Å². The van der Waals surface area contributed by atoms with Gasteiger partial charge in [-0.2, -0.15) is 0 Å². The van der Waals surface area contributed by atoms with E-state index in [0.29, 0.717) is 19.7 Å². The molecular weight excluding hydrogens is 190 g/mol. The van der Waals surface area contributed by atoms with Crippen LogP contribution < -0.4 is 5.32 Å². The van der Waals surface area contributed by atoms with Gasteiger partial charge in [0.15, 0.2) is 0 Å². The summed E-state index contributed by atoms with van der Waals surface area (Å²) in [5.41, 5.74) is 0. The molecule has 14 heavy (non-hydrogen) atoms. The van der Waals surface area contributed by atoms with Crippen molar-refractivity contribution in [3.05, 3.63) is 0 Å². The van der Waals surface area contributed by atoms with Crippen molar-refractivity contribution in [2.45, 2.75) is 18.4 Å². The molecule has 0 spiro atoms. The maximum atomic E-state index is 12.9. The molecule has 0 aliphatic carbocycles. The third-order valence-corrected chi connectivity index (χ3v) is 2.71. The first-order chi connectivity index (χ1) is 6.66. The lowest BCUT2D eigenvalue weighted by atomic mass is 10.3. The molecule has 0 bridgehead atoms. The molecule has 0 aromatic rings. The Morgan fingerprint density at radius 3 is 2.93 bits per heavy atom. The van der Waals surface area contributed by atoms with Crippen molar-refractivity contribution in [2.75, 3.05) is 39.3 Å². The Bertz CT molecular complexity index is 195. The standard InChI is InChI=1S/C9H16F2N2O/c10-9(11)1-3-13(7-9)6-8-5-12-2-4-14-8/h8,12H,1-7H2. The maximum absolute atomic E-state index is 12.9. The van der Waals surface area contributed by atoms with Crippen LogP contribution in [0.15, 0.2) is 0 Å². The van der Waals surface area contributed by atoms with Gasteiger partial charge in [-0.1, -0.05) is 0 Å². The molecule has 1 N–H and O–H groups in total. The van der Waals surface area contributed by atoms with Crippen LogP contribution in [0, 0.1) is 0 Å². The molecule has 82 valence electrons. The molecule has 2 aliphatic heterocycles. The molecule has 2 heterocycles. The summed E-state index contributed by atoms with van der Waals surface area (Å²) in [6.45, 7) is 3.35. The molecule has 1 unspecified atom stereocenters. The number of ether oxygens (including phenoxy) is 1. The fourth-order valence-corrected chi connectivity index (χ4v) is 1.99. The number of nitrogens with one attached hydrogen (secondary N) is 1.